The zero-order valence-electron chi connectivity index (χ0n) is 9.48. The van der Waals surface area contributed by atoms with Crippen molar-refractivity contribution in [1.82, 2.24) is 0 Å². The lowest BCUT2D eigenvalue weighted by Gasteiger charge is -2.06. The fourth-order valence-corrected chi connectivity index (χ4v) is 1.28. The fourth-order valence-electron chi connectivity index (χ4n) is 1.28. The molecule has 1 unspecified atom stereocenters. The molecule has 0 amide bonds. The van der Waals surface area contributed by atoms with E-state index >= 15 is 0 Å². The van der Waals surface area contributed by atoms with E-state index in [1.54, 1.807) is 0 Å². The van der Waals surface area contributed by atoms with Crippen LogP contribution in [0.15, 0.2) is 40.3 Å². The molecule has 80 valence electrons. The molecule has 0 bridgehead atoms. The quantitative estimate of drug-likeness (QED) is 0.654. The highest BCUT2D eigenvalue weighted by atomic mass is 14.8. The molecular formula is C13H18N2. The van der Waals surface area contributed by atoms with Crippen molar-refractivity contribution in [3.63, 3.8) is 0 Å². The van der Waals surface area contributed by atoms with Crippen LogP contribution in [0.2, 0.25) is 0 Å². The Balaban J connectivity index is 2.43. The lowest BCUT2D eigenvalue weighted by Crippen LogP contribution is -1.96. The van der Waals surface area contributed by atoms with Crippen LogP contribution in [-0.2, 0) is 0 Å². The Morgan fingerprint density at radius 1 is 1.20 bits per heavy atom. The van der Waals surface area contributed by atoms with Crippen molar-refractivity contribution >= 4 is 6.01 Å². The van der Waals surface area contributed by atoms with Crippen LogP contribution in [0.5, 0.6) is 0 Å². The number of hydrogen-bond acceptors (Lipinski definition) is 2. The molecule has 1 rings (SSSR count). The maximum absolute atomic E-state index is 4.17. The van der Waals surface area contributed by atoms with Crippen LogP contribution in [-0.4, -0.2) is 19.1 Å². The molecule has 1 aromatic carbocycles. The summed E-state index contributed by atoms with van der Waals surface area (Å²) < 4.78 is 0. The third kappa shape index (κ3) is 4.57. The van der Waals surface area contributed by atoms with E-state index in [1.807, 2.05) is 6.07 Å². The summed E-state index contributed by atoms with van der Waals surface area (Å²) >= 11 is 0. The van der Waals surface area contributed by atoms with E-state index in [2.05, 4.69) is 54.1 Å². The molecule has 0 spiro atoms. The summed E-state index contributed by atoms with van der Waals surface area (Å²) in [5, 5.41) is 0. The first kappa shape index (κ1) is 11.7. The van der Waals surface area contributed by atoms with Gasteiger partial charge in [-0.25, -0.2) is 9.98 Å². The molecule has 0 saturated carbocycles. The molecule has 2 nitrogen and oxygen atoms in total. The summed E-state index contributed by atoms with van der Waals surface area (Å²) in [6, 6.07) is 13.1. The topological polar surface area (TPSA) is 24.7 Å². The van der Waals surface area contributed by atoms with Crippen molar-refractivity contribution in [2.45, 2.75) is 26.2 Å². The van der Waals surface area contributed by atoms with Gasteiger partial charge in [0.25, 0.3) is 0 Å². The summed E-state index contributed by atoms with van der Waals surface area (Å²) in [5.74, 6) is 0.440. The summed E-state index contributed by atoms with van der Waals surface area (Å²) in [7, 11) is 0. The third-order valence-electron chi connectivity index (χ3n) is 2.21. The standard InChI is InChI=1S/C13H18N2/c1-3-9-14-11-15-10-12(2)13-7-5-4-6-8-13/h4-8,12H,3,9-10H2,1-2H3. The molecule has 1 atom stereocenters. The SMILES string of the molecule is CCCN=C=NCC(C)c1ccccc1. The van der Waals surface area contributed by atoms with Crippen molar-refractivity contribution in [3.8, 4) is 0 Å². The normalized spacial score (nSPS) is 11.6. The van der Waals surface area contributed by atoms with Gasteiger partial charge in [0, 0.05) is 12.5 Å². The van der Waals surface area contributed by atoms with Gasteiger partial charge in [-0.15, -0.1) is 0 Å². The first-order valence-corrected chi connectivity index (χ1v) is 5.47. The summed E-state index contributed by atoms with van der Waals surface area (Å²) in [6.45, 7) is 5.85. The molecule has 15 heavy (non-hydrogen) atoms. The molecule has 0 aliphatic rings. The third-order valence-corrected chi connectivity index (χ3v) is 2.21. The fraction of sp³-hybridized carbons (Fsp3) is 0.462. The zero-order chi connectivity index (χ0) is 10.9. The van der Waals surface area contributed by atoms with Gasteiger partial charge in [0.2, 0.25) is 0 Å². The van der Waals surface area contributed by atoms with E-state index in [9.17, 15) is 0 Å². The van der Waals surface area contributed by atoms with Crippen LogP contribution in [0.3, 0.4) is 0 Å². The summed E-state index contributed by atoms with van der Waals surface area (Å²) in [4.78, 5) is 8.21. The van der Waals surface area contributed by atoms with Crippen LogP contribution in [0.4, 0.5) is 0 Å². The molecule has 0 aromatic heterocycles. The molecule has 0 fully saturated rings. The maximum Gasteiger partial charge on any atom is 0.0892 e. The minimum Gasteiger partial charge on any atom is -0.226 e. The van der Waals surface area contributed by atoms with Gasteiger partial charge < -0.3 is 0 Å². The van der Waals surface area contributed by atoms with Gasteiger partial charge in [-0.2, -0.15) is 0 Å². The Labute approximate surface area is 91.8 Å². The van der Waals surface area contributed by atoms with Crippen LogP contribution >= 0.6 is 0 Å². The average molecular weight is 202 g/mol. The number of rotatable bonds is 5. The molecule has 0 aliphatic carbocycles. The van der Waals surface area contributed by atoms with Crippen LogP contribution in [0.1, 0.15) is 31.7 Å². The lowest BCUT2D eigenvalue weighted by atomic mass is 10.0. The predicted octanol–water partition coefficient (Wildman–Crippen LogP) is 3.37. The Hall–Kier alpha value is -1.40. The Morgan fingerprint density at radius 2 is 1.93 bits per heavy atom. The maximum atomic E-state index is 4.17. The van der Waals surface area contributed by atoms with E-state index in [4.69, 9.17) is 0 Å². The van der Waals surface area contributed by atoms with E-state index in [0.717, 1.165) is 19.5 Å². The average Bonchev–Trinajstić information content (AvgIpc) is 2.30. The molecule has 0 N–H and O–H groups in total. The van der Waals surface area contributed by atoms with E-state index in [0.29, 0.717) is 5.92 Å². The molecule has 0 radical (unpaired) electrons. The zero-order valence-corrected chi connectivity index (χ0v) is 9.48. The van der Waals surface area contributed by atoms with Gasteiger partial charge in [0.05, 0.1) is 12.6 Å². The summed E-state index contributed by atoms with van der Waals surface area (Å²) in [5.41, 5.74) is 1.32. The first-order chi connectivity index (χ1) is 7.34. The number of nitrogens with zero attached hydrogens (tertiary/aromatic N) is 2. The number of aliphatic imine (C=N–C) groups is 2. The van der Waals surface area contributed by atoms with Crippen LogP contribution in [0.25, 0.3) is 0 Å². The molecular weight excluding hydrogens is 184 g/mol. The second-order valence-electron chi connectivity index (χ2n) is 3.63. The minimum absolute atomic E-state index is 0.440. The Bertz CT molecular complexity index is 324. The summed E-state index contributed by atoms with van der Waals surface area (Å²) in [6.07, 6.45) is 1.05. The highest BCUT2D eigenvalue weighted by Gasteiger charge is 2.01. The Kier molecular flexibility index (Phi) is 5.42. The molecule has 0 aliphatic heterocycles. The molecule has 0 heterocycles. The van der Waals surface area contributed by atoms with Gasteiger partial charge in [0.1, 0.15) is 0 Å². The first-order valence-electron chi connectivity index (χ1n) is 5.47. The van der Waals surface area contributed by atoms with Crippen molar-refractivity contribution in [2.24, 2.45) is 9.98 Å². The smallest absolute Gasteiger partial charge is 0.0892 e. The van der Waals surface area contributed by atoms with Gasteiger partial charge in [-0.05, 0) is 12.0 Å². The second kappa shape index (κ2) is 6.97. The number of hydrogen-bond donors (Lipinski definition) is 0. The molecule has 0 saturated heterocycles. The van der Waals surface area contributed by atoms with Crippen LogP contribution in [0, 0.1) is 0 Å². The number of benzene rings is 1. The van der Waals surface area contributed by atoms with Crippen molar-refractivity contribution in [2.75, 3.05) is 13.1 Å². The van der Waals surface area contributed by atoms with Crippen molar-refractivity contribution < 1.29 is 0 Å². The second-order valence-corrected chi connectivity index (χ2v) is 3.63. The predicted molar refractivity (Wildman–Crippen MR) is 64.7 cm³/mol. The van der Waals surface area contributed by atoms with E-state index < -0.39 is 0 Å². The molecule has 1 aromatic rings. The van der Waals surface area contributed by atoms with Gasteiger partial charge >= 0.3 is 0 Å². The molecule has 2 heteroatoms. The monoisotopic (exact) mass is 202 g/mol. The van der Waals surface area contributed by atoms with Gasteiger partial charge in [0.15, 0.2) is 0 Å². The van der Waals surface area contributed by atoms with Gasteiger partial charge in [-0.3, -0.25) is 0 Å². The Morgan fingerprint density at radius 3 is 2.60 bits per heavy atom. The highest BCUT2D eigenvalue weighted by molar-refractivity contribution is 5.41. The van der Waals surface area contributed by atoms with E-state index in [-0.39, 0.29) is 0 Å². The van der Waals surface area contributed by atoms with Crippen molar-refractivity contribution in [1.29, 1.82) is 0 Å². The minimum atomic E-state index is 0.440. The lowest BCUT2D eigenvalue weighted by molar-refractivity contribution is 0.777. The van der Waals surface area contributed by atoms with Crippen LogP contribution < -0.4 is 0 Å². The van der Waals surface area contributed by atoms with Crippen molar-refractivity contribution in [3.05, 3.63) is 35.9 Å². The van der Waals surface area contributed by atoms with Gasteiger partial charge in [-0.1, -0.05) is 44.2 Å². The largest absolute Gasteiger partial charge is 0.226 e. The highest BCUT2D eigenvalue weighted by Crippen LogP contribution is 2.13. The van der Waals surface area contributed by atoms with E-state index in [1.165, 1.54) is 5.56 Å².